The molecule has 7 nitrogen and oxygen atoms in total. The molecule has 2 aliphatic rings. The van der Waals surface area contributed by atoms with Gasteiger partial charge in [0, 0.05) is 24.2 Å². The minimum absolute atomic E-state index is 0.0317. The van der Waals surface area contributed by atoms with E-state index in [0.717, 1.165) is 77.4 Å². The number of nitrogens with one attached hydrogen (secondary N) is 2. The molecular weight excluding hydrogens is 519 g/mol. The fraction of sp³-hybridized carbons (Fsp3) is 0.394. The molecular formula is C33H37FN4O3. The summed E-state index contributed by atoms with van der Waals surface area (Å²) in [7, 11) is 0. The molecule has 2 N–H and O–H groups in total. The van der Waals surface area contributed by atoms with Crippen LogP contribution in [0.3, 0.4) is 0 Å². The molecule has 2 fully saturated rings. The molecule has 6 rings (SSSR count). The molecule has 8 heteroatoms. The first-order valence-corrected chi connectivity index (χ1v) is 14.6. The number of halogens is 1. The van der Waals surface area contributed by atoms with Gasteiger partial charge in [0.15, 0.2) is 0 Å². The second-order valence-electron chi connectivity index (χ2n) is 11.0. The fourth-order valence-corrected chi connectivity index (χ4v) is 6.69. The Hall–Kier alpha value is -3.91. The van der Waals surface area contributed by atoms with Crippen LogP contribution >= 0.6 is 0 Å². The molecule has 1 amide bonds. The van der Waals surface area contributed by atoms with Crippen LogP contribution in [0.5, 0.6) is 11.5 Å². The number of likely N-dealkylation sites (tertiary alicyclic amines) is 1. The van der Waals surface area contributed by atoms with Crippen LogP contribution in [0.15, 0.2) is 54.6 Å². The topological polar surface area (TPSA) is 79.5 Å². The predicted molar refractivity (Wildman–Crippen MR) is 158 cm³/mol. The molecule has 2 heterocycles. The second-order valence-corrected chi connectivity index (χ2v) is 11.0. The van der Waals surface area contributed by atoms with Gasteiger partial charge in [-0.25, -0.2) is 9.37 Å². The van der Waals surface area contributed by atoms with Gasteiger partial charge in [-0.05, 0) is 106 Å². The number of H-pyrrole nitrogens is 1. The zero-order chi connectivity index (χ0) is 28.5. The average Bonchev–Trinajstić information content (AvgIpc) is 3.65. The summed E-state index contributed by atoms with van der Waals surface area (Å²) in [5, 5.41) is 3.33. The largest absolute Gasteiger partial charge is 0.493 e. The lowest BCUT2D eigenvalue weighted by Gasteiger charge is -2.26. The molecule has 1 aliphatic heterocycles. The van der Waals surface area contributed by atoms with Crippen LogP contribution in [0.2, 0.25) is 0 Å². The van der Waals surface area contributed by atoms with E-state index in [9.17, 15) is 9.18 Å². The van der Waals surface area contributed by atoms with Gasteiger partial charge in [0.1, 0.15) is 23.1 Å². The second kappa shape index (κ2) is 11.5. The number of imidazole rings is 1. The number of fused-ring (bicyclic) bond motifs is 2. The van der Waals surface area contributed by atoms with Crippen LogP contribution < -0.4 is 14.8 Å². The van der Waals surface area contributed by atoms with Crippen LogP contribution in [0.4, 0.5) is 4.39 Å². The average molecular weight is 557 g/mol. The number of aromatic amines is 1. The minimum Gasteiger partial charge on any atom is -0.493 e. The van der Waals surface area contributed by atoms with Crippen molar-refractivity contribution in [3.8, 4) is 22.6 Å². The third-order valence-electron chi connectivity index (χ3n) is 8.43. The van der Waals surface area contributed by atoms with Crippen LogP contribution in [0.25, 0.3) is 22.2 Å². The number of ether oxygens (including phenoxy) is 2. The van der Waals surface area contributed by atoms with Gasteiger partial charge in [-0.15, -0.1) is 0 Å². The molecule has 41 heavy (non-hydrogen) atoms. The minimum atomic E-state index is -0.273. The van der Waals surface area contributed by atoms with Gasteiger partial charge in [-0.3, -0.25) is 9.69 Å². The van der Waals surface area contributed by atoms with E-state index in [0.29, 0.717) is 30.7 Å². The van der Waals surface area contributed by atoms with Gasteiger partial charge in [-0.1, -0.05) is 12.1 Å². The Labute approximate surface area is 240 Å². The quantitative estimate of drug-likeness (QED) is 0.255. The SMILES string of the molecule is CCOc1cc(CN2CC[C@H]3C(NC(=O)c4ccc5[nH]c(C)nc5c4)CC[C@H]32)cc(OCC)c1-c1ccc(F)cc1. The molecule has 1 saturated heterocycles. The van der Waals surface area contributed by atoms with Crippen LogP contribution in [0.1, 0.15) is 54.9 Å². The standard InChI is InChI=1S/C33H37FN4O3/c1-4-40-30-16-21(17-31(41-5-2)32(30)22-6-9-24(34)10-7-22)19-38-15-14-25-26(12-13-29(25)38)37-33(39)23-8-11-27-28(18-23)36-20(3)35-27/h6-11,16-18,25-26,29H,4-5,12-15,19H2,1-3H3,(H,35,36)(H,37,39)/t25-,26?,29+/m0/s1. The maximum Gasteiger partial charge on any atom is 0.251 e. The lowest BCUT2D eigenvalue weighted by molar-refractivity contribution is 0.0927. The van der Waals surface area contributed by atoms with Crippen LogP contribution in [0, 0.1) is 18.7 Å². The number of carbonyl (C=O) groups is 1. The van der Waals surface area contributed by atoms with Crippen molar-refractivity contribution in [2.45, 2.75) is 58.7 Å². The number of hydrogen-bond acceptors (Lipinski definition) is 5. The summed E-state index contributed by atoms with van der Waals surface area (Å²) in [6.45, 7) is 8.65. The number of hydrogen-bond donors (Lipinski definition) is 2. The summed E-state index contributed by atoms with van der Waals surface area (Å²) in [6.07, 6.45) is 3.08. The van der Waals surface area contributed by atoms with Crippen molar-refractivity contribution in [1.82, 2.24) is 20.2 Å². The molecule has 0 bridgehead atoms. The van der Waals surface area contributed by atoms with E-state index in [1.54, 1.807) is 12.1 Å². The first kappa shape index (κ1) is 27.3. The van der Waals surface area contributed by atoms with Crippen molar-refractivity contribution in [1.29, 1.82) is 0 Å². The van der Waals surface area contributed by atoms with Gasteiger partial charge in [-0.2, -0.15) is 0 Å². The molecule has 1 aliphatic carbocycles. The van der Waals surface area contributed by atoms with E-state index in [1.807, 2.05) is 39.0 Å². The Morgan fingerprint density at radius 1 is 1.02 bits per heavy atom. The van der Waals surface area contributed by atoms with E-state index in [-0.39, 0.29) is 17.8 Å². The Balaban J connectivity index is 1.18. The Kier molecular flexibility index (Phi) is 7.67. The maximum absolute atomic E-state index is 13.6. The smallest absolute Gasteiger partial charge is 0.251 e. The van der Waals surface area contributed by atoms with Crippen molar-refractivity contribution in [2.24, 2.45) is 5.92 Å². The molecule has 0 spiro atoms. The first-order chi connectivity index (χ1) is 19.9. The van der Waals surface area contributed by atoms with Gasteiger partial charge in [0.05, 0.1) is 29.8 Å². The van der Waals surface area contributed by atoms with Crippen LogP contribution in [-0.4, -0.2) is 52.6 Å². The third-order valence-corrected chi connectivity index (χ3v) is 8.43. The summed E-state index contributed by atoms with van der Waals surface area (Å²) < 4.78 is 25.8. The number of aryl methyl sites for hydroxylation is 1. The number of benzene rings is 3. The monoisotopic (exact) mass is 556 g/mol. The van der Waals surface area contributed by atoms with Crippen molar-refractivity contribution < 1.29 is 18.7 Å². The van der Waals surface area contributed by atoms with Gasteiger partial charge in [0.2, 0.25) is 0 Å². The molecule has 3 aromatic carbocycles. The van der Waals surface area contributed by atoms with Gasteiger partial charge in [0.25, 0.3) is 5.91 Å². The van der Waals surface area contributed by atoms with Crippen LogP contribution in [-0.2, 0) is 6.54 Å². The highest BCUT2D eigenvalue weighted by Gasteiger charge is 2.44. The molecule has 3 atom stereocenters. The zero-order valence-corrected chi connectivity index (χ0v) is 23.9. The molecule has 214 valence electrons. The molecule has 0 radical (unpaired) electrons. The summed E-state index contributed by atoms with van der Waals surface area (Å²) >= 11 is 0. The van der Waals surface area contributed by atoms with Crippen molar-refractivity contribution >= 4 is 16.9 Å². The Morgan fingerprint density at radius 2 is 1.76 bits per heavy atom. The first-order valence-electron chi connectivity index (χ1n) is 14.6. The highest BCUT2D eigenvalue weighted by atomic mass is 19.1. The molecule has 1 unspecified atom stereocenters. The molecule has 4 aromatic rings. The van der Waals surface area contributed by atoms with E-state index in [1.165, 1.54) is 12.1 Å². The fourth-order valence-electron chi connectivity index (χ4n) is 6.69. The number of amides is 1. The number of carbonyl (C=O) groups excluding carboxylic acids is 1. The maximum atomic E-state index is 13.6. The number of aromatic nitrogens is 2. The highest BCUT2D eigenvalue weighted by molar-refractivity contribution is 5.97. The van der Waals surface area contributed by atoms with Gasteiger partial charge < -0.3 is 19.8 Å². The highest BCUT2D eigenvalue weighted by Crippen LogP contribution is 2.43. The Bertz CT molecular complexity index is 1520. The molecule has 1 saturated carbocycles. The normalized spacial score (nSPS) is 20.3. The van der Waals surface area contributed by atoms with E-state index >= 15 is 0 Å². The number of rotatable bonds is 9. The summed E-state index contributed by atoms with van der Waals surface area (Å²) in [4.78, 5) is 23.4. The van der Waals surface area contributed by atoms with Gasteiger partial charge >= 0.3 is 0 Å². The summed E-state index contributed by atoms with van der Waals surface area (Å²) in [6, 6.07) is 16.9. The summed E-state index contributed by atoms with van der Waals surface area (Å²) in [5.41, 5.74) is 5.24. The van der Waals surface area contributed by atoms with Crippen molar-refractivity contribution in [2.75, 3.05) is 19.8 Å². The van der Waals surface area contributed by atoms with Crippen molar-refractivity contribution in [3.63, 3.8) is 0 Å². The summed E-state index contributed by atoms with van der Waals surface area (Å²) in [5.74, 6) is 2.45. The predicted octanol–water partition coefficient (Wildman–Crippen LogP) is 6.26. The van der Waals surface area contributed by atoms with Crippen molar-refractivity contribution in [3.05, 3.63) is 77.4 Å². The van der Waals surface area contributed by atoms with E-state index < -0.39 is 0 Å². The Morgan fingerprint density at radius 3 is 2.46 bits per heavy atom. The lowest BCUT2D eigenvalue weighted by Crippen LogP contribution is -2.39. The number of nitrogens with zero attached hydrogens (tertiary/aromatic N) is 2. The zero-order valence-electron chi connectivity index (χ0n) is 23.9. The van der Waals surface area contributed by atoms with E-state index in [2.05, 4.69) is 32.3 Å². The molecule has 1 aromatic heterocycles. The lowest BCUT2D eigenvalue weighted by atomic mass is 9.99. The van der Waals surface area contributed by atoms with E-state index in [4.69, 9.17) is 9.47 Å². The third kappa shape index (κ3) is 5.53.